The van der Waals surface area contributed by atoms with Gasteiger partial charge in [0.1, 0.15) is 0 Å². The molecule has 1 aromatic carbocycles. The van der Waals surface area contributed by atoms with E-state index in [0.717, 1.165) is 25.2 Å². The van der Waals surface area contributed by atoms with E-state index in [9.17, 15) is 13.5 Å². The minimum Gasteiger partial charge on any atom is -0.396 e. The molecule has 2 aliphatic rings. The van der Waals surface area contributed by atoms with Crippen LogP contribution in [0.5, 0.6) is 0 Å². The first-order chi connectivity index (χ1) is 9.93. The number of hydrogen-bond donors (Lipinski definition) is 1. The van der Waals surface area contributed by atoms with Crippen LogP contribution in [-0.4, -0.2) is 56.5 Å². The van der Waals surface area contributed by atoms with E-state index in [2.05, 4.69) is 4.90 Å². The van der Waals surface area contributed by atoms with Crippen LogP contribution in [0.1, 0.15) is 5.56 Å². The third kappa shape index (κ3) is 2.73. The van der Waals surface area contributed by atoms with Gasteiger partial charge in [-0.25, -0.2) is 12.7 Å². The monoisotopic (exact) mass is 310 g/mol. The van der Waals surface area contributed by atoms with Crippen LogP contribution in [0.3, 0.4) is 0 Å². The molecule has 3 atom stereocenters. The van der Waals surface area contributed by atoms with Crippen LogP contribution in [0.25, 0.3) is 0 Å². The number of hydrogen-bond acceptors (Lipinski definition) is 4. The van der Waals surface area contributed by atoms with Gasteiger partial charge in [-0.1, -0.05) is 12.1 Å². The zero-order valence-corrected chi connectivity index (χ0v) is 13.3. The first-order valence-corrected chi connectivity index (χ1v) is 8.72. The Hall–Kier alpha value is -0.950. The topological polar surface area (TPSA) is 60.9 Å². The van der Waals surface area contributed by atoms with E-state index in [4.69, 9.17) is 0 Å². The van der Waals surface area contributed by atoms with Crippen molar-refractivity contribution >= 4 is 10.0 Å². The summed E-state index contributed by atoms with van der Waals surface area (Å²) in [5, 5.41) is 9.18. The van der Waals surface area contributed by atoms with Gasteiger partial charge in [0.15, 0.2) is 0 Å². The Bertz CT molecular complexity index is 618. The number of aliphatic hydroxyl groups is 1. The van der Waals surface area contributed by atoms with Crippen LogP contribution in [0, 0.1) is 17.8 Å². The minimum absolute atomic E-state index is 0.305. The van der Waals surface area contributed by atoms with Crippen molar-refractivity contribution in [3.8, 4) is 0 Å². The van der Waals surface area contributed by atoms with E-state index in [0.29, 0.717) is 29.3 Å². The summed E-state index contributed by atoms with van der Waals surface area (Å²) in [6, 6.07) is 7.19. The van der Waals surface area contributed by atoms with E-state index >= 15 is 0 Å². The third-order valence-corrected chi connectivity index (χ3v) is 6.55. The first-order valence-electron chi connectivity index (χ1n) is 7.28. The van der Waals surface area contributed by atoms with E-state index in [1.54, 1.807) is 32.3 Å². The third-order valence-electron chi connectivity index (χ3n) is 4.74. The second-order valence-electron chi connectivity index (χ2n) is 6.30. The number of aliphatic hydroxyl groups excluding tert-OH is 1. The van der Waals surface area contributed by atoms with Crippen molar-refractivity contribution in [3.05, 3.63) is 29.8 Å². The summed E-state index contributed by atoms with van der Waals surface area (Å²) in [5.74, 6) is 1.79. The highest BCUT2D eigenvalue weighted by molar-refractivity contribution is 7.89. The van der Waals surface area contributed by atoms with Gasteiger partial charge in [0.2, 0.25) is 10.0 Å². The lowest BCUT2D eigenvalue weighted by Crippen LogP contribution is -2.25. The smallest absolute Gasteiger partial charge is 0.242 e. The van der Waals surface area contributed by atoms with Crippen LogP contribution in [0.2, 0.25) is 0 Å². The van der Waals surface area contributed by atoms with Crippen molar-refractivity contribution in [2.45, 2.75) is 11.4 Å². The van der Waals surface area contributed by atoms with Gasteiger partial charge >= 0.3 is 0 Å². The standard InChI is InChI=1S/C15H22N2O3S/c1-16(2)21(19,20)12-5-3-4-11(6-12)7-17-8-13-14(9-17)15(13)10-18/h3-6,13-15,18H,7-10H2,1-2H3/t13-,14+,15?. The van der Waals surface area contributed by atoms with Crippen LogP contribution in [-0.2, 0) is 16.6 Å². The van der Waals surface area contributed by atoms with E-state index in [1.807, 2.05) is 6.07 Å². The lowest BCUT2D eigenvalue weighted by atomic mass is 10.2. The van der Waals surface area contributed by atoms with E-state index in [1.165, 1.54) is 4.31 Å². The fourth-order valence-electron chi connectivity index (χ4n) is 3.41. The second-order valence-corrected chi connectivity index (χ2v) is 8.45. The molecule has 5 nitrogen and oxygen atoms in total. The van der Waals surface area contributed by atoms with Gasteiger partial charge in [-0.15, -0.1) is 0 Å². The van der Waals surface area contributed by atoms with Gasteiger partial charge < -0.3 is 5.11 Å². The molecule has 1 unspecified atom stereocenters. The molecular formula is C15H22N2O3S. The van der Waals surface area contributed by atoms with Gasteiger partial charge in [-0.05, 0) is 35.4 Å². The van der Waals surface area contributed by atoms with E-state index < -0.39 is 10.0 Å². The molecule has 1 saturated carbocycles. The molecule has 0 aromatic heterocycles. The number of piperidine rings is 1. The largest absolute Gasteiger partial charge is 0.396 e. The molecule has 1 aromatic rings. The van der Waals surface area contributed by atoms with Crippen molar-refractivity contribution in [1.29, 1.82) is 0 Å². The zero-order valence-electron chi connectivity index (χ0n) is 12.4. The molecule has 0 bridgehead atoms. The summed E-state index contributed by atoms with van der Waals surface area (Å²) in [5.41, 5.74) is 1.03. The van der Waals surface area contributed by atoms with Gasteiger partial charge in [0.05, 0.1) is 4.90 Å². The second kappa shape index (κ2) is 5.35. The van der Waals surface area contributed by atoms with Crippen LogP contribution < -0.4 is 0 Å². The predicted molar refractivity (Wildman–Crippen MR) is 80.1 cm³/mol. The van der Waals surface area contributed by atoms with Gasteiger partial charge in [0.25, 0.3) is 0 Å². The summed E-state index contributed by atoms with van der Waals surface area (Å²) in [4.78, 5) is 2.70. The average molecular weight is 310 g/mol. The normalized spacial score (nSPS) is 28.9. The lowest BCUT2D eigenvalue weighted by Gasteiger charge is -2.19. The first kappa shape index (κ1) is 15.0. The number of rotatable bonds is 5. The van der Waals surface area contributed by atoms with E-state index in [-0.39, 0.29) is 0 Å². The summed E-state index contributed by atoms with van der Waals surface area (Å²) < 4.78 is 25.5. The van der Waals surface area contributed by atoms with Crippen molar-refractivity contribution in [2.24, 2.45) is 17.8 Å². The fourth-order valence-corrected chi connectivity index (χ4v) is 4.38. The molecule has 6 heteroatoms. The van der Waals surface area contributed by atoms with Gasteiger partial charge in [-0.2, -0.15) is 0 Å². The molecule has 0 radical (unpaired) electrons. The van der Waals surface area contributed by atoms with Crippen LogP contribution in [0.15, 0.2) is 29.2 Å². The molecule has 1 aliphatic heterocycles. The van der Waals surface area contributed by atoms with Crippen molar-refractivity contribution in [3.63, 3.8) is 0 Å². The Kier molecular flexibility index (Phi) is 3.81. The Morgan fingerprint density at radius 3 is 2.52 bits per heavy atom. The molecule has 1 heterocycles. The Morgan fingerprint density at radius 1 is 1.29 bits per heavy atom. The molecule has 0 amide bonds. The van der Waals surface area contributed by atoms with Crippen LogP contribution in [0.4, 0.5) is 0 Å². The summed E-state index contributed by atoms with van der Waals surface area (Å²) in [6.45, 7) is 3.11. The average Bonchev–Trinajstić information content (AvgIpc) is 2.93. The minimum atomic E-state index is -3.37. The summed E-state index contributed by atoms with van der Waals surface area (Å²) >= 11 is 0. The number of sulfonamides is 1. The molecule has 1 N–H and O–H groups in total. The maximum absolute atomic E-state index is 12.1. The van der Waals surface area contributed by atoms with Crippen molar-refractivity contribution in [1.82, 2.24) is 9.21 Å². The molecule has 0 spiro atoms. The number of nitrogens with zero attached hydrogens (tertiary/aromatic N) is 2. The molecule has 1 saturated heterocycles. The molecule has 3 rings (SSSR count). The van der Waals surface area contributed by atoms with Crippen molar-refractivity contribution in [2.75, 3.05) is 33.8 Å². The predicted octanol–water partition coefficient (Wildman–Crippen LogP) is 0.607. The van der Waals surface area contributed by atoms with Gasteiger partial charge in [-0.3, -0.25) is 4.90 Å². The van der Waals surface area contributed by atoms with Crippen molar-refractivity contribution < 1.29 is 13.5 Å². The van der Waals surface area contributed by atoms with Crippen LogP contribution >= 0.6 is 0 Å². The highest BCUT2D eigenvalue weighted by Gasteiger charge is 2.54. The molecule has 116 valence electrons. The maximum atomic E-state index is 12.1. The quantitative estimate of drug-likeness (QED) is 0.865. The Labute approximate surface area is 126 Å². The molecule has 21 heavy (non-hydrogen) atoms. The number of benzene rings is 1. The Balaban J connectivity index is 1.68. The molecule has 1 aliphatic carbocycles. The fraction of sp³-hybridized carbons (Fsp3) is 0.600. The molecular weight excluding hydrogens is 288 g/mol. The zero-order chi connectivity index (χ0) is 15.2. The maximum Gasteiger partial charge on any atom is 0.242 e. The SMILES string of the molecule is CN(C)S(=O)(=O)c1cccc(CN2C[C@@H]3C(CO)[C@@H]3C2)c1. The summed E-state index contributed by atoms with van der Waals surface area (Å²) in [6.07, 6.45) is 0. The highest BCUT2D eigenvalue weighted by atomic mass is 32.2. The number of likely N-dealkylation sites (tertiary alicyclic amines) is 1. The van der Waals surface area contributed by atoms with Gasteiger partial charge in [0, 0.05) is 40.3 Å². The summed E-state index contributed by atoms with van der Waals surface area (Å²) in [7, 11) is -0.273. The highest BCUT2D eigenvalue weighted by Crippen LogP contribution is 2.51. The Morgan fingerprint density at radius 2 is 1.95 bits per heavy atom. The number of fused-ring (bicyclic) bond motifs is 1. The molecule has 2 fully saturated rings. The lowest BCUT2D eigenvalue weighted by molar-refractivity contribution is 0.217.